The molecule has 3 rings (SSSR count). The molecule has 0 radical (unpaired) electrons. The van der Waals surface area contributed by atoms with Gasteiger partial charge in [-0.3, -0.25) is 4.90 Å². The number of nitrogens with zero attached hydrogens (tertiary/aromatic N) is 2. The fourth-order valence-electron chi connectivity index (χ4n) is 3.07. The van der Waals surface area contributed by atoms with Crippen molar-refractivity contribution in [3.05, 3.63) is 16.1 Å². The highest BCUT2D eigenvalue weighted by atomic mass is 32.1. The molecule has 1 N–H and O–H groups in total. The zero-order chi connectivity index (χ0) is 13.1. The first-order chi connectivity index (χ1) is 9.36. The van der Waals surface area contributed by atoms with Crippen molar-refractivity contribution in [2.45, 2.75) is 44.6 Å². The Morgan fingerprint density at radius 1 is 1.32 bits per heavy atom. The third kappa shape index (κ3) is 3.56. The lowest BCUT2D eigenvalue weighted by atomic mass is 9.93. The molecule has 19 heavy (non-hydrogen) atoms. The van der Waals surface area contributed by atoms with Crippen LogP contribution in [0.2, 0.25) is 0 Å². The van der Waals surface area contributed by atoms with E-state index in [1.807, 2.05) is 16.8 Å². The molecule has 1 saturated carbocycles. The summed E-state index contributed by atoms with van der Waals surface area (Å²) >= 11 is 1.86. The van der Waals surface area contributed by atoms with E-state index in [0.717, 1.165) is 18.4 Å². The van der Waals surface area contributed by atoms with E-state index in [4.69, 9.17) is 0 Å². The maximum atomic E-state index is 4.58. The van der Waals surface area contributed by atoms with Crippen molar-refractivity contribution >= 4 is 11.3 Å². The van der Waals surface area contributed by atoms with E-state index in [1.165, 1.54) is 62.3 Å². The Labute approximate surface area is 120 Å². The topological polar surface area (TPSA) is 28.2 Å². The number of aromatic nitrogens is 1. The number of thiazole rings is 1. The first-order valence-electron chi connectivity index (χ1n) is 7.66. The Hall–Kier alpha value is -0.450. The van der Waals surface area contributed by atoms with Crippen LogP contribution >= 0.6 is 11.3 Å². The van der Waals surface area contributed by atoms with Gasteiger partial charge in [-0.15, -0.1) is 11.3 Å². The second kappa shape index (κ2) is 6.33. The van der Waals surface area contributed by atoms with Crippen LogP contribution < -0.4 is 5.32 Å². The summed E-state index contributed by atoms with van der Waals surface area (Å²) in [7, 11) is 2.05. The van der Waals surface area contributed by atoms with E-state index < -0.39 is 0 Å². The average molecular weight is 279 g/mol. The summed E-state index contributed by atoms with van der Waals surface area (Å²) in [5, 5.41) is 3.27. The Morgan fingerprint density at radius 2 is 2.11 bits per heavy atom. The molecule has 0 unspecified atom stereocenters. The van der Waals surface area contributed by atoms with Crippen molar-refractivity contribution in [3.8, 4) is 0 Å². The van der Waals surface area contributed by atoms with Crippen LogP contribution in [0.15, 0.2) is 5.51 Å². The van der Waals surface area contributed by atoms with E-state index in [0.29, 0.717) is 0 Å². The molecular formula is C15H25N3S. The van der Waals surface area contributed by atoms with Gasteiger partial charge in [-0.1, -0.05) is 0 Å². The minimum atomic E-state index is 0.800. The van der Waals surface area contributed by atoms with Crippen molar-refractivity contribution < 1.29 is 0 Å². The first kappa shape index (κ1) is 13.5. The Bertz CT molecular complexity index is 392. The molecule has 4 heteroatoms. The van der Waals surface area contributed by atoms with Gasteiger partial charge in [-0.2, -0.15) is 0 Å². The van der Waals surface area contributed by atoms with Gasteiger partial charge >= 0.3 is 0 Å². The van der Waals surface area contributed by atoms with Gasteiger partial charge in [-0.05, 0) is 64.7 Å². The van der Waals surface area contributed by atoms with Crippen LogP contribution in [0, 0.1) is 5.92 Å². The van der Waals surface area contributed by atoms with Crippen LogP contribution in [0.25, 0.3) is 0 Å². The molecule has 0 amide bonds. The van der Waals surface area contributed by atoms with Crippen molar-refractivity contribution in [1.29, 1.82) is 0 Å². The van der Waals surface area contributed by atoms with Crippen molar-refractivity contribution in [3.63, 3.8) is 0 Å². The summed E-state index contributed by atoms with van der Waals surface area (Å²) in [5.41, 5.74) is 3.46. The molecule has 2 heterocycles. The molecule has 0 spiro atoms. The quantitative estimate of drug-likeness (QED) is 0.868. The van der Waals surface area contributed by atoms with Crippen LogP contribution in [0.4, 0.5) is 0 Å². The summed E-state index contributed by atoms with van der Waals surface area (Å²) in [6.07, 6.45) is 6.82. The monoisotopic (exact) mass is 279 g/mol. The smallest absolute Gasteiger partial charge is 0.0798 e. The van der Waals surface area contributed by atoms with Crippen molar-refractivity contribution in [2.75, 3.05) is 26.7 Å². The number of hydrogen-bond acceptors (Lipinski definition) is 4. The minimum absolute atomic E-state index is 0.800. The maximum absolute atomic E-state index is 4.58. The molecule has 1 aromatic rings. The zero-order valence-corrected chi connectivity index (χ0v) is 12.7. The molecule has 1 aliphatic heterocycles. The van der Waals surface area contributed by atoms with Crippen LogP contribution in [0.1, 0.15) is 48.6 Å². The summed E-state index contributed by atoms with van der Waals surface area (Å²) in [5.74, 6) is 1.74. The Kier molecular flexibility index (Phi) is 4.51. The molecular weight excluding hydrogens is 254 g/mol. The number of rotatable bonds is 6. The van der Waals surface area contributed by atoms with Crippen LogP contribution in [-0.2, 0) is 6.54 Å². The van der Waals surface area contributed by atoms with Crippen LogP contribution in [0.5, 0.6) is 0 Å². The fraction of sp³-hybridized carbons (Fsp3) is 0.800. The molecule has 1 saturated heterocycles. The Morgan fingerprint density at radius 3 is 2.79 bits per heavy atom. The molecule has 3 nitrogen and oxygen atoms in total. The molecule has 106 valence electrons. The highest BCUT2D eigenvalue weighted by Crippen LogP contribution is 2.42. The van der Waals surface area contributed by atoms with Gasteiger partial charge in [0, 0.05) is 17.3 Å². The lowest BCUT2D eigenvalue weighted by molar-refractivity contribution is 0.173. The Balaban J connectivity index is 1.47. The molecule has 1 aromatic heterocycles. The van der Waals surface area contributed by atoms with Gasteiger partial charge in [0.2, 0.25) is 0 Å². The summed E-state index contributed by atoms with van der Waals surface area (Å²) in [4.78, 5) is 8.76. The first-order valence-corrected chi connectivity index (χ1v) is 8.54. The molecule has 0 atom stereocenters. The van der Waals surface area contributed by atoms with Crippen molar-refractivity contribution in [2.24, 2.45) is 5.92 Å². The van der Waals surface area contributed by atoms with Gasteiger partial charge < -0.3 is 5.32 Å². The van der Waals surface area contributed by atoms with E-state index in [1.54, 1.807) is 0 Å². The third-order valence-corrected chi connectivity index (χ3v) is 5.35. The average Bonchev–Trinajstić information content (AvgIpc) is 3.19. The van der Waals surface area contributed by atoms with Crippen LogP contribution in [-0.4, -0.2) is 36.6 Å². The third-order valence-electron chi connectivity index (χ3n) is 4.51. The number of hydrogen-bond donors (Lipinski definition) is 1. The standard InChI is InChI=1S/C15H25N3S/c1-16-7-4-12-5-8-18(9-6-12)10-14-15(13-2-3-13)17-11-19-14/h11-13,16H,2-10H2,1H3. The van der Waals surface area contributed by atoms with Crippen molar-refractivity contribution in [1.82, 2.24) is 15.2 Å². The predicted molar refractivity (Wildman–Crippen MR) is 80.6 cm³/mol. The van der Waals surface area contributed by atoms with Gasteiger partial charge in [-0.25, -0.2) is 4.98 Å². The maximum Gasteiger partial charge on any atom is 0.0798 e. The van der Waals surface area contributed by atoms with Gasteiger partial charge in [0.05, 0.1) is 11.2 Å². The zero-order valence-electron chi connectivity index (χ0n) is 11.9. The van der Waals surface area contributed by atoms with E-state index in [-0.39, 0.29) is 0 Å². The van der Waals surface area contributed by atoms with Gasteiger partial charge in [0.25, 0.3) is 0 Å². The molecule has 2 fully saturated rings. The lowest BCUT2D eigenvalue weighted by Gasteiger charge is -2.31. The highest BCUT2D eigenvalue weighted by molar-refractivity contribution is 7.09. The second-order valence-electron chi connectivity index (χ2n) is 6.05. The molecule has 1 aliphatic carbocycles. The summed E-state index contributed by atoms with van der Waals surface area (Å²) < 4.78 is 0. The number of piperidine rings is 1. The van der Waals surface area contributed by atoms with E-state index in [2.05, 4.69) is 22.2 Å². The highest BCUT2D eigenvalue weighted by Gasteiger charge is 2.29. The predicted octanol–water partition coefficient (Wildman–Crippen LogP) is 2.84. The number of nitrogens with one attached hydrogen (secondary N) is 1. The summed E-state index contributed by atoms with van der Waals surface area (Å²) in [6.45, 7) is 4.87. The number of likely N-dealkylation sites (tertiary alicyclic amines) is 1. The molecule has 0 bridgehead atoms. The SMILES string of the molecule is CNCCC1CCN(Cc2scnc2C2CC2)CC1. The fourth-order valence-corrected chi connectivity index (χ4v) is 3.96. The second-order valence-corrected chi connectivity index (χ2v) is 6.99. The molecule has 0 aromatic carbocycles. The van der Waals surface area contributed by atoms with Gasteiger partial charge in [0.1, 0.15) is 0 Å². The van der Waals surface area contributed by atoms with Crippen LogP contribution in [0.3, 0.4) is 0 Å². The van der Waals surface area contributed by atoms with E-state index >= 15 is 0 Å². The largest absolute Gasteiger partial charge is 0.320 e. The molecule has 2 aliphatic rings. The minimum Gasteiger partial charge on any atom is -0.320 e. The van der Waals surface area contributed by atoms with Gasteiger partial charge in [0.15, 0.2) is 0 Å². The van der Waals surface area contributed by atoms with E-state index in [9.17, 15) is 0 Å². The summed E-state index contributed by atoms with van der Waals surface area (Å²) in [6, 6.07) is 0. The normalized spacial score (nSPS) is 21.9. The lowest BCUT2D eigenvalue weighted by Crippen LogP contribution is -2.34.